The van der Waals surface area contributed by atoms with E-state index >= 15 is 0 Å². The standard InChI is InChI=1S/C13H19NO4S/c1-9-5-6-12(7-10(9)2)14(19(4,17)18)8-11(3)13(15)16/h5-7,11H,8H2,1-4H3,(H,15,16). The quantitative estimate of drug-likeness (QED) is 0.895. The Morgan fingerprint density at radius 2 is 1.89 bits per heavy atom. The minimum absolute atomic E-state index is 0.0728. The van der Waals surface area contributed by atoms with Gasteiger partial charge in [0.25, 0.3) is 0 Å². The molecule has 0 spiro atoms. The number of carboxylic acids is 1. The first-order chi connectivity index (χ1) is 8.62. The molecule has 5 nitrogen and oxygen atoms in total. The van der Waals surface area contributed by atoms with E-state index in [0.29, 0.717) is 5.69 Å². The van der Waals surface area contributed by atoms with Crippen LogP contribution >= 0.6 is 0 Å². The molecule has 1 N–H and O–H groups in total. The Hall–Kier alpha value is -1.56. The third-order valence-electron chi connectivity index (χ3n) is 3.04. The monoisotopic (exact) mass is 285 g/mol. The third-order valence-corrected chi connectivity index (χ3v) is 4.20. The average Bonchev–Trinajstić information content (AvgIpc) is 2.27. The van der Waals surface area contributed by atoms with Crippen LogP contribution in [-0.2, 0) is 14.8 Å². The maximum Gasteiger partial charge on any atom is 0.308 e. The van der Waals surface area contributed by atoms with E-state index in [1.165, 1.54) is 6.92 Å². The van der Waals surface area contributed by atoms with Crippen molar-refractivity contribution in [2.75, 3.05) is 17.1 Å². The van der Waals surface area contributed by atoms with Crippen molar-refractivity contribution in [2.45, 2.75) is 20.8 Å². The Kier molecular flexibility index (Phi) is 4.57. The van der Waals surface area contributed by atoms with E-state index in [1.807, 2.05) is 19.9 Å². The van der Waals surface area contributed by atoms with Crippen LogP contribution < -0.4 is 4.31 Å². The first kappa shape index (κ1) is 15.5. The van der Waals surface area contributed by atoms with Crippen molar-refractivity contribution in [3.8, 4) is 0 Å². The van der Waals surface area contributed by atoms with Crippen molar-refractivity contribution in [3.05, 3.63) is 29.3 Å². The SMILES string of the molecule is Cc1ccc(N(CC(C)C(=O)O)S(C)(=O)=O)cc1C. The molecular formula is C13H19NO4S. The zero-order valence-corrected chi connectivity index (χ0v) is 12.4. The molecule has 0 saturated heterocycles. The predicted molar refractivity (Wildman–Crippen MR) is 74.9 cm³/mol. The molecule has 0 saturated carbocycles. The number of hydrogen-bond donors (Lipinski definition) is 1. The molecule has 0 radical (unpaired) electrons. The van der Waals surface area contributed by atoms with E-state index in [2.05, 4.69) is 0 Å². The second-order valence-corrected chi connectivity index (χ2v) is 6.71. The number of benzene rings is 1. The molecule has 1 rings (SSSR count). The highest BCUT2D eigenvalue weighted by Crippen LogP contribution is 2.22. The molecule has 0 aliphatic carbocycles. The van der Waals surface area contributed by atoms with Gasteiger partial charge in [-0.25, -0.2) is 8.42 Å². The Balaban J connectivity index is 3.18. The summed E-state index contributed by atoms with van der Waals surface area (Å²) in [5, 5.41) is 8.92. The van der Waals surface area contributed by atoms with Gasteiger partial charge in [0.05, 0.1) is 17.9 Å². The van der Waals surface area contributed by atoms with E-state index in [4.69, 9.17) is 5.11 Å². The minimum atomic E-state index is -3.51. The van der Waals surface area contributed by atoms with E-state index in [0.717, 1.165) is 21.7 Å². The molecule has 0 aliphatic heterocycles. The topological polar surface area (TPSA) is 74.7 Å². The highest BCUT2D eigenvalue weighted by atomic mass is 32.2. The van der Waals surface area contributed by atoms with Gasteiger partial charge in [0.2, 0.25) is 10.0 Å². The van der Waals surface area contributed by atoms with Gasteiger partial charge < -0.3 is 5.11 Å². The van der Waals surface area contributed by atoms with Crippen molar-refractivity contribution < 1.29 is 18.3 Å². The maximum absolute atomic E-state index is 11.8. The Morgan fingerprint density at radius 3 is 2.32 bits per heavy atom. The Labute approximate surface area is 113 Å². The van der Waals surface area contributed by atoms with Crippen molar-refractivity contribution in [2.24, 2.45) is 5.92 Å². The van der Waals surface area contributed by atoms with Crippen LogP contribution in [0.5, 0.6) is 0 Å². The number of carbonyl (C=O) groups is 1. The van der Waals surface area contributed by atoms with Gasteiger partial charge in [-0.1, -0.05) is 13.0 Å². The van der Waals surface area contributed by atoms with Crippen LogP contribution in [0.3, 0.4) is 0 Å². The molecule has 1 unspecified atom stereocenters. The van der Waals surface area contributed by atoms with Crippen molar-refractivity contribution in [3.63, 3.8) is 0 Å². The lowest BCUT2D eigenvalue weighted by atomic mass is 10.1. The highest BCUT2D eigenvalue weighted by Gasteiger charge is 2.23. The van der Waals surface area contributed by atoms with Crippen LogP contribution in [0.15, 0.2) is 18.2 Å². The fourth-order valence-corrected chi connectivity index (χ4v) is 2.63. The summed E-state index contributed by atoms with van der Waals surface area (Å²) in [6.07, 6.45) is 1.08. The fourth-order valence-electron chi connectivity index (χ4n) is 1.64. The molecule has 0 heterocycles. The molecule has 6 heteroatoms. The largest absolute Gasteiger partial charge is 0.481 e. The second kappa shape index (κ2) is 5.61. The first-order valence-corrected chi connectivity index (χ1v) is 7.75. The average molecular weight is 285 g/mol. The number of anilines is 1. The summed E-state index contributed by atoms with van der Waals surface area (Å²) in [7, 11) is -3.51. The van der Waals surface area contributed by atoms with E-state index < -0.39 is 21.9 Å². The molecule has 19 heavy (non-hydrogen) atoms. The number of sulfonamides is 1. The highest BCUT2D eigenvalue weighted by molar-refractivity contribution is 7.92. The zero-order chi connectivity index (χ0) is 14.8. The molecule has 106 valence electrons. The number of nitrogens with zero attached hydrogens (tertiary/aromatic N) is 1. The molecular weight excluding hydrogens is 266 g/mol. The second-order valence-electron chi connectivity index (χ2n) is 4.80. The van der Waals surface area contributed by atoms with Gasteiger partial charge in [0.1, 0.15) is 0 Å². The Bertz CT molecular complexity index is 580. The van der Waals surface area contributed by atoms with E-state index in [1.54, 1.807) is 12.1 Å². The molecule has 1 aromatic carbocycles. The van der Waals surface area contributed by atoms with Crippen molar-refractivity contribution in [1.82, 2.24) is 0 Å². The fraction of sp³-hybridized carbons (Fsp3) is 0.462. The molecule has 0 aromatic heterocycles. The molecule has 0 amide bonds. The molecule has 1 atom stereocenters. The predicted octanol–water partition coefficient (Wildman–Crippen LogP) is 1.79. The summed E-state index contributed by atoms with van der Waals surface area (Å²) in [5.74, 6) is -1.78. The minimum Gasteiger partial charge on any atom is -0.481 e. The Morgan fingerprint density at radius 1 is 1.32 bits per heavy atom. The lowest BCUT2D eigenvalue weighted by Gasteiger charge is -2.24. The van der Waals surface area contributed by atoms with Gasteiger partial charge in [-0.3, -0.25) is 9.10 Å². The van der Waals surface area contributed by atoms with Gasteiger partial charge in [0, 0.05) is 6.54 Å². The van der Waals surface area contributed by atoms with E-state index in [-0.39, 0.29) is 6.54 Å². The van der Waals surface area contributed by atoms with Crippen LogP contribution in [0, 0.1) is 19.8 Å². The number of rotatable bonds is 5. The molecule has 0 fully saturated rings. The summed E-state index contributed by atoms with van der Waals surface area (Å²) in [4.78, 5) is 10.9. The summed E-state index contributed by atoms with van der Waals surface area (Å²) in [6.45, 7) is 5.24. The normalized spacial score (nSPS) is 13.1. The number of aryl methyl sites for hydroxylation is 2. The van der Waals surface area contributed by atoms with E-state index in [9.17, 15) is 13.2 Å². The van der Waals surface area contributed by atoms with Gasteiger partial charge in [0.15, 0.2) is 0 Å². The lowest BCUT2D eigenvalue weighted by Crippen LogP contribution is -2.36. The van der Waals surface area contributed by atoms with Crippen molar-refractivity contribution >= 4 is 21.7 Å². The van der Waals surface area contributed by atoms with Crippen LogP contribution in [0.4, 0.5) is 5.69 Å². The number of carboxylic acid groups (broad SMARTS) is 1. The molecule has 0 bridgehead atoms. The van der Waals surface area contributed by atoms with Crippen molar-refractivity contribution in [1.29, 1.82) is 0 Å². The summed E-state index contributed by atoms with van der Waals surface area (Å²) in [6, 6.07) is 5.27. The maximum atomic E-state index is 11.8. The van der Waals surface area contributed by atoms with Crippen LogP contribution in [0.2, 0.25) is 0 Å². The summed E-state index contributed by atoms with van der Waals surface area (Å²) < 4.78 is 24.8. The van der Waals surface area contributed by atoms with Gasteiger partial charge >= 0.3 is 5.97 Å². The molecule has 1 aromatic rings. The van der Waals surface area contributed by atoms with Gasteiger partial charge in [-0.15, -0.1) is 0 Å². The van der Waals surface area contributed by atoms with Crippen LogP contribution in [-0.4, -0.2) is 32.3 Å². The lowest BCUT2D eigenvalue weighted by molar-refractivity contribution is -0.140. The van der Waals surface area contributed by atoms with Gasteiger partial charge in [-0.05, 0) is 37.1 Å². The van der Waals surface area contributed by atoms with Crippen LogP contribution in [0.25, 0.3) is 0 Å². The third kappa shape index (κ3) is 3.96. The first-order valence-electron chi connectivity index (χ1n) is 5.90. The number of hydrogen-bond acceptors (Lipinski definition) is 3. The van der Waals surface area contributed by atoms with Gasteiger partial charge in [-0.2, -0.15) is 0 Å². The smallest absolute Gasteiger partial charge is 0.308 e. The summed E-state index contributed by atoms with van der Waals surface area (Å²) >= 11 is 0. The summed E-state index contributed by atoms with van der Waals surface area (Å²) in [5.41, 5.74) is 2.52. The van der Waals surface area contributed by atoms with Crippen LogP contribution in [0.1, 0.15) is 18.1 Å². The number of aliphatic carboxylic acids is 1. The zero-order valence-electron chi connectivity index (χ0n) is 11.5. The molecule has 0 aliphatic rings.